The van der Waals surface area contributed by atoms with Crippen molar-refractivity contribution < 1.29 is 13.2 Å². The molecule has 1 aromatic carbocycles. The number of rotatable bonds is 5. The summed E-state index contributed by atoms with van der Waals surface area (Å²) in [4.78, 5) is 15.3. The lowest BCUT2D eigenvalue weighted by molar-refractivity contribution is -0.148. The number of benzene rings is 1. The number of azide groups is 1. The molecule has 1 aliphatic heterocycles. The van der Waals surface area contributed by atoms with E-state index in [-0.39, 0.29) is 5.56 Å². The fourth-order valence-corrected chi connectivity index (χ4v) is 3.45. The summed E-state index contributed by atoms with van der Waals surface area (Å²) in [6.07, 6.45) is -3.06. The molecule has 0 aliphatic carbocycles. The summed E-state index contributed by atoms with van der Waals surface area (Å²) in [5.41, 5.74) is 11.2. The van der Waals surface area contributed by atoms with Crippen molar-refractivity contribution in [2.45, 2.75) is 32.6 Å². The number of nitrogens with zero attached hydrogens (tertiary/aromatic N) is 7. The first-order valence-electron chi connectivity index (χ1n) is 9.25. The van der Waals surface area contributed by atoms with Crippen molar-refractivity contribution in [2.24, 2.45) is 5.11 Å². The van der Waals surface area contributed by atoms with E-state index in [1.165, 1.54) is 12.1 Å². The first-order chi connectivity index (χ1) is 13.8. The minimum Gasteiger partial charge on any atom is -0.354 e. The van der Waals surface area contributed by atoms with Gasteiger partial charge in [-0.3, -0.25) is 4.90 Å². The minimum atomic E-state index is -4.62. The Morgan fingerprint density at radius 3 is 2.55 bits per heavy atom. The molecule has 0 spiro atoms. The molecule has 154 valence electrons. The molecular formula is C19H22F3N7. The Morgan fingerprint density at radius 2 is 1.90 bits per heavy atom. The molecule has 7 nitrogen and oxygen atoms in total. The molecule has 1 unspecified atom stereocenters. The maximum absolute atomic E-state index is 13.2. The number of aryl methyl sites for hydroxylation is 1. The zero-order chi connectivity index (χ0) is 21.0. The number of halogens is 3. The van der Waals surface area contributed by atoms with Gasteiger partial charge in [-0.05, 0) is 30.5 Å². The molecule has 1 aliphatic rings. The highest BCUT2D eigenvalue weighted by atomic mass is 19.4. The van der Waals surface area contributed by atoms with Crippen LogP contribution in [0.4, 0.5) is 19.0 Å². The minimum absolute atomic E-state index is 0.0430. The largest absolute Gasteiger partial charge is 0.401 e. The van der Waals surface area contributed by atoms with E-state index in [0.717, 1.165) is 48.8 Å². The Hall–Kier alpha value is -2.84. The molecule has 1 atom stereocenters. The third kappa shape index (κ3) is 4.96. The Kier molecular flexibility index (Phi) is 6.24. The highest BCUT2D eigenvalue weighted by Gasteiger charge is 2.40. The van der Waals surface area contributed by atoms with E-state index in [2.05, 4.69) is 29.8 Å². The molecule has 0 radical (unpaired) electrons. The number of hydrogen-bond acceptors (Lipinski definition) is 5. The van der Waals surface area contributed by atoms with Crippen LogP contribution >= 0.6 is 0 Å². The second kappa shape index (κ2) is 8.67. The summed E-state index contributed by atoms with van der Waals surface area (Å²) in [5.74, 6) is 0.932. The summed E-state index contributed by atoms with van der Waals surface area (Å²) in [6.45, 7) is 7.58. The monoisotopic (exact) mass is 405 g/mol. The zero-order valence-electron chi connectivity index (χ0n) is 16.3. The Balaban J connectivity index is 1.66. The smallest absolute Gasteiger partial charge is 0.354 e. The highest BCUT2D eigenvalue weighted by Crippen LogP contribution is 2.36. The van der Waals surface area contributed by atoms with Gasteiger partial charge in [-0.25, -0.2) is 9.97 Å². The fourth-order valence-electron chi connectivity index (χ4n) is 3.45. The fraction of sp³-hybridized carbons (Fsp3) is 0.474. The van der Waals surface area contributed by atoms with Gasteiger partial charge >= 0.3 is 6.18 Å². The lowest BCUT2D eigenvalue weighted by Gasteiger charge is -2.36. The van der Waals surface area contributed by atoms with Crippen molar-refractivity contribution in [1.29, 1.82) is 0 Å². The van der Waals surface area contributed by atoms with Crippen LogP contribution in [0.2, 0.25) is 0 Å². The quantitative estimate of drug-likeness (QED) is 0.421. The first-order valence-corrected chi connectivity index (χ1v) is 9.25. The van der Waals surface area contributed by atoms with Gasteiger partial charge in [0.05, 0.1) is 0 Å². The zero-order valence-corrected chi connectivity index (χ0v) is 16.3. The molecule has 0 saturated carbocycles. The van der Waals surface area contributed by atoms with Crippen LogP contribution in [0.5, 0.6) is 0 Å². The Labute approximate surface area is 166 Å². The van der Waals surface area contributed by atoms with Gasteiger partial charge in [-0.2, -0.15) is 13.2 Å². The topological polar surface area (TPSA) is 81.0 Å². The molecular weight excluding hydrogens is 383 g/mol. The average molecular weight is 405 g/mol. The molecule has 0 N–H and O–H groups in total. The van der Waals surface area contributed by atoms with E-state index in [1.807, 2.05) is 13.8 Å². The summed E-state index contributed by atoms with van der Waals surface area (Å²) >= 11 is 0. The van der Waals surface area contributed by atoms with E-state index >= 15 is 0 Å². The third-order valence-electron chi connectivity index (χ3n) is 5.13. The number of alkyl halides is 3. The molecule has 1 saturated heterocycles. The lowest BCUT2D eigenvalue weighted by atomic mass is 10.0. The number of aromatic nitrogens is 2. The maximum atomic E-state index is 13.2. The second-order valence-corrected chi connectivity index (χ2v) is 7.06. The van der Waals surface area contributed by atoms with Crippen molar-refractivity contribution >= 4 is 5.82 Å². The second-order valence-electron chi connectivity index (χ2n) is 7.06. The maximum Gasteiger partial charge on any atom is 0.401 e. The van der Waals surface area contributed by atoms with Crippen LogP contribution in [0, 0.1) is 13.8 Å². The molecule has 0 amide bonds. The van der Waals surface area contributed by atoms with E-state index in [9.17, 15) is 13.2 Å². The standard InChI is InChI=1S/C19H22F3N7/c1-13-14(2)24-12-25-18(13)29-8-6-28(7-9-29)11-15-4-3-5-16(10-15)17(26-27-23)19(20,21)22/h3-5,10,12,17H,6-9,11H2,1-2H3. The Morgan fingerprint density at radius 1 is 1.17 bits per heavy atom. The Bertz CT molecular complexity index is 901. The normalized spacial score (nSPS) is 16.4. The van der Waals surface area contributed by atoms with Gasteiger partial charge in [0.25, 0.3) is 0 Å². The van der Waals surface area contributed by atoms with Crippen molar-refractivity contribution in [3.63, 3.8) is 0 Å². The molecule has 0 bridgehead atoms. The molecule has 2 heterocycles. The summed E-state index contributed by atoms with van der Waals surface area (Å²) < 4.78 is 39.5. The first kappa shape index (κ1) is 20.9. The van der Waals surface area contributed by atoms with Crippen LogP contribution in [0.1, 0.15) is 28.4 Å². The van der Waals surface area contributed by atoms with E-state index in [1.54, 1.807) is 18.5 Å². The predicted molar refractivity (Wildman–Crippen MR) is 103 cm³/mol. The van der Waals surface area contributed by atoms with Crippen molar-refractivity contribution in [2.75, 3.05) is 31.1 Å². The summed E-state index contributed by atoms with van der Waals surface area (Å²) in [5, 5.41) is 2.94. The van der Waals surface area contributed by atoms with Crippen LogP contribution in [0.3, 0.4) is 0 Å². The average Bonchev–Trinajstić information content (AvgIpc) is 2.68. The van der Waals surface area contributed by atoms with Crippen molar-refractivity contribution in [3.05, 3.63) is 63.4 Å². The number of piperazine rings is 1. The van der Waals surface area contributed by atoms with Crippen LogP contribution in [0.15, 0.2) is 35.7 Å². The lowest BCUT2D eigenvalue weighted by Crippen LogP contribution is -2.46. The molecule has 3 rings (SSSR count). The van der Waals surface area contributed by atoms with Crippen molar-refractivity contribution in [1.82, 2.24) is 14.9 Å². The van der Waals surface area contributed by atoms with Crippen LogP contribution in [-0.4, -0.2) is 47.2 Å². The molecule has 1 fully saturated rings. The number of anilines is 1. The van der Waals surface area contributed by atoms with Gasteiger partial charge in [0.1, 0.15) is 12.1 Å². The summed E-state index contributed by atoms with van der Waals surface area (Å²) in [6, 6.07) is 4.00. The molecule has 29 heavy (non-hydrogen) atoms. The van der Waals surface area contributed by atoms with Gasteiger partial charge in [-0.15, -0.1) is 0 Å². The van der Waals surface area contributed by atoms with Crippen LogP contribution < -0.4 is 4.90 Å². The van der Waals surface area contributed by atoms with Gasteiger partial charge in [0.2, 0.25) is 0 Å². The van der Waals surface area contributed by atoms with Crippen LogP contribution in [0.25, 0.3) is 10.4 Å². The molecule has 2 aromatic rings. The van der Waals surface area contributed by atoms with E-state index < -0.39 is 12.2 Å². The van der Waals surface area contributed by atoms with Crippen molar-refractivity contribution in [3.8, 4) is 0 Å². The van der Waals surface area contributed by atoms with Crippen LogP contribution in [-0.2, 0) is 6.54 Å². The summed E-state index contributed by atoms with van der Waals surface area (Å²) in [7, 11) is 0. The van der Waals surface area contributed by atoms with E-state index in [4.69, 9.17) is 5.53 Å². The number of hydrogen-bond donors (Lipinski definition) is 0. The van der Waals surface area contributed by atoms with Gasteiger partial charge in [0.15, 0.2) is 6.04 Å². The predicted octanol–water partition coefficient (Wildman–Crippen LogP) is 4.33. The van der Waals surface area contributed by atoms with E-state index in [0.29, 0.717) is 6.54 Å². The van der Waals surface area contributed by atoms with Gasteiger partial charge in [0, 0.05) is 48.9 Å². The van der Waals surface area contributed by atoms with Gasteiger partial charge in [-0.1, -0.05) is 29.4 Å². The SMILES string of the molecule is Cc1ncnc(N2CCN(Cc3cccc(C(N=[N+]=[N-])C(F)(F)F)c3)CC2)c1C. The molecule has 1 aromatic heterocycles. The highest BCUT2D eigenvalue weighted by molar-refractivity contribution is 5.47. The third-order valence-corrected chi connectivity index (χ3v) is 5.13. The van der Waals surface area contributed by atoms with Gasteiger partial charge < -0.3 is 4.90 Å². The molecule has 10 heteroatoms.